The summed E-state index contributed by atoms with van der Waals surface area (Å²) in [5.74, 6) is -1.10. The Labute approximate surface area is 141 Å². The number of ketones is 1. The molecule has 0 spiro atoms. The molecule has 1 aliphatic heterocycles. The van der Waals surface area contributed by atoms with Crippen LogP contribution in [-0.2, 0) is 9.59 Å². The molecule has 1 aromatic heterocycles. The Bertz CT molecular complexity index is 800. The summed E-state index contributed by atoms with van der Waals surface area (Å²) in [5.41, 5.74) is 0.810. The molecule has 116 valence electrons. The summed E-state index contributed by atoms with van der Waals surface area (Å²) in [6.07, 6.45) is 1.56. The van der Waals surface area contributed by atoms with Crippen LogP contribution in [0.5, 0.6) is 0 Å². The molecule has 1 unspecified atom stereocenters. The van der Waals surface area contributed by atoms with E-state index in [1.54, 1.807) is 36.5 Å². The van der Waals surface area contributed by atoms with E-state index in [9.17, 15) is 14.7 Å². The van der Waals surface area contributed by atoms with Crippen LogP contribution in [0.15, 0.2) is 64.5 Å². The summed E-state index contributed by atoms with van der Waals surface area (Å²) >= 11 is 3.36. The van der Waals surface area contributed by atoms with Crippen LogP contribution in [-0.4, -0.2) is 21.8 Å². The average Bonchev–Trinajstić information content (AvgIpc) is 2.81. The zero-order valence-electron chi connectivity index (χ0n) is 12.2. The van der Waals surface area contributed by atoms with Crippen LogP contribution < -0.4 is 4.90 Å². The van der Waals surface area contributed by atoms with Gasteiger partial charge in [0.2, 0.25) is 0 Å². The molecule has 5 nitrogen and oxygen atoms in total. The third kappa shape index (κ3) is 2.66. The molecular formula is C17H13BrN2O3. The molecule has 3 rings (SSSR count). The molecule has 0 bridgehead atoms. The van der Waals surface area contributed by atoms with Crippen molar-refractivity contribution in [3.63, 3.8) is 0 Å². The maximum Gasteiger partial charge on any atom is 0.295 e. The Hall–Kier alpha value is -2.47. The van der Waals surface area contributed by atoms with Gasteiger partial charge in [0, 0.05) is 10.7 Å². The number of amides is 1. The Balaban J connectivity index is 2.17. The quantitative estimate of drug-likeness (QED) is 0.896. The highest BCUT2D eigenvalue weighted by molar-refractivity contribution is 9.10. The maximum absolute atomic E-state index is 12.5. The molecular weight excluding hydrogens is 360 g/mol. The van der Waals surface area contributed by atoms with Crippen molar-refractivity contribution in [3.8, 4) is 0 Å². The number of Topliss-reactive ketones (excluding diaryl/α,β-unsaturated/α-hetero) is 1. The smallest absolute Gasteiger partial charge is 0.295 e. The van der Waals surface area contributed by atoms with Crippen molar-refractivity contribution in [1.29, 1.82) is 0 Å². The first kappa shape index (κ1) is 15.4. The molecule has 1 atom stereocenters. The van der Waals surface area contributed by atoms with Gasteiger partial charge in [-0.3, -0.25) is 14.5 Å². The minimum Gasteiger partial charge on any atom is -0.503 e. The number of carbonyl (C=O) groups excluding carboxylic acids is 2. The highest BCUT2D eigenvalue weighted by Gasteiger charge is 2.43. The van der Waals surface area contributed by atoms with Gasteiger partial charge in [-0.25, -0.2) is 4.98 Å². The van der Waals surface area contributed by atoms with Crippen LogP contribution in [0.4, 0.5) is 5.82 Å². The predicted octanol–water partition coefficient (Wildman–Crippen LogP) is 3.33. The number of hydrogen-bond acceptors (Lipinski definition) is 4. The van der Waals surface area contributed by atoms with E-state index < -0.39 is 17.7 Å². The number of aliphatic hydroxyl groups is 1. The molecule has 2 aromatic rings. The van der Waals surface area contributed by atoms with Gasteiger partial charge in [-0.15, -0.1) is 0 Å². The Morgan fingerprint density at radius 3 is 2.48 bits per heavy atom. The lowest BCUT2D eigenvalue weighted by Crippen LogP contribution is -2.31. The van der Waals surface area contributed by atoms with Gasteiger partial charge in [-0.1, -0.05) is 34.1 Å². The van der Waals surface area contributed by atoms with E-state index in [2.05, 4.69) is 20.9 Å². The molecule has 0 fully saturated rings. The predicted molar refractivity (Wildman–Crippen MR) is 88.9 cm³/mol. The number of aromatic nitrogens is 1. The van der Waals surface area contributed by atoms with Gasteiger partial charge >= 0.3 is 0 Å². The second-order valence-electron chi connectivity index (χ2n) is 5.14. The number of anilines is 1. The number of nitrogens with zero attached hydrogens (tertiary/aromatic N) is 2. The minimum absolute atomic E-state index is 0.0861. The van der Waals surface area contributed by atoms with Crippen molar-refractivity contribution >= 4 is 33.4 Å². The molecule has 0 saturated heterocycles. The number of rotatable bonds is 3. The summed E-state index contributed by atoms with van der Waals surface area (Å²) in [6.45, 7) is 1.34. The Kier molecular flexibility index (Phi) is 4.00. The average molecular weight is 373 g/mol. The molecule has 1 aliphatic rings. The van der Waals surface area contributed by atoms with E-state index in [1.165, 1.54) is 11.8 Å². The molecule has 1 N–H and O–H groups in total. The molecule has 23 heavy (non-hydrogen) atoms. The van der Waals surface area contributed by atoms with Crippen LogP contribution >= 0.6 is 15.9 Å². The van der Waals surface area contributed by atoms with Crippen molar-refractivity contribution in [2.24, 2.45) is 0 Å². The fourth-order valence-corrected chi connectivity index (χ4v) is 2.92. The van der Waals surface area contributed by atoms with Crippen molar-refractivity contribution in [3.05, 3.63) is 70.0 Å². The largest absolute Gasteiger partial charge is 0.503 e. The van der Waals surface area contributed by atoms with Gasteiger partial charge < -0.3 is 5.11 Å². The van der Waals surface area contributed by atoms with Crippen molar-refractivity contribution < 1.29 is 14.7 Å². The van der Waals surface area contributed by atoms with E-state index >= 15 is 0 Å². The lowest BCUT2D eigenvalue weighted by molar-refractivity contribution is -0.117. The Morgan fingerprint density at radius 1 is 1.22 bits per heavy atom. The van der Waals surface area contributed by atoms with Gasteiger partial charge in [-0.05, 0) is 36.8 Å². The van der Waals surface area contributed by atoms with Gasteiger partial charge in [0.25, 0.3) is 5.91 Å². The van der Waals surface area contributed by atoms with Crippen LogP contribution in [0.25, 0.3) is 0 Å². The van der Waals surface area contributed by atoms with Crippen LogP contribution in [0.2, 0.25) is 0 Å². The summed E-state index contributed by atoms with van der Waals surface area (Å²) in [6, 6.07) is 11.7. The van der Waals surface area contributed by atoms with Crippen molar-refractivity contribution in [2.75, 3.05) is 4.90 Å². The van der Waals surface area contributed by atoms with Gasteiger partial charge in [0.15, 0.2) is 11.5 Å². The van der Waals surface area contributed by atoms with Gasteiger partial charge in [0.05, 0.1) is 11.6 Å². The second-order valence-corrected chi connectivity index (χ2v) is 6.05. The molecule has 0 aliphatic carbocycles. The second kappa shape index (κ2) is 5.96. The summed E-state index contributed by atoms with van der Waals surface area (Å²) in [7, 11) is 0. The lowest BCUT2D eigenvalue weighted by atomic mass is 9.97. The van der Waals surface area contributed by atoms with Crippen LogP contribution in [0.3, 0.4) is 0 Å². The summed E-state index contributed by atoms with van der Waals surface area (Å²) in [5, 5.41) is 10.2. The normalized spacial score (nSPS) is 17.7. The highest BCUT2D eigenvalue weighted by atomic mass is 79.9. The standard InChI is InChI=1S/C17H13BrN2O3/c1-10(21)14-15(11-5-7-12(18)8-6-11)20(17(23)16(14)22)13-4-2-3-9-19-13/h2-9,15,22H,1H3. The number of hydrogen-bond donors (Lipinski definition) is 1. The fraction of sp³-hybridized carbons (Fsp3) is 0.118. The van der Waals surface area contributed by atoms with Crippen molar-refractivity contribution in [2.45, 2.75) is 13.0 Å². The zero-order chi connectivity index (χ0) is 16.6. The molecule has 1 aromatic carbocycles. The molecule has 0 saturated carbocycles. The van der Waals surface area contributed by atoms with E-state index in [0.29, 0.717) is 5.82 Å². The van der Waals surface area contributed by atoms with Gasteiger partial charge in [-0.2, -0.15) is 0 Å². The monoisotopic (exact) mass is 372 g/mol. The minimum atomic E-state index is -0.692. The molecule has 2 heterocycles. The van der Waals surface area contributed by atoms with Crippen molar-refractivity contribution in [1.82, 2.24) is 4.98 Å². The van der Waals surface area contributed by atoms with Gasteiger partial charge in [0.1, 0.15) is 5.82 Å². The highest BCUT2D eigenvalue weighted by Crippen LogP contribution is 2.40. The number of pyridine rings is 1. The molecule has 6 heteroatoms. The first-order chi connectivity index (χ1) is 11.0. The number of aliphatic hydroxyl groups excluding tert-OH is 1. The van der Waals surface area contributed by atoms with Crippen LogP contribution in [0, 0.1) is 0 Å². The number of benzene rings is 1. The lowest BCUT2D eigenvalue weighted by Gasteiger charge is -2.25. The third-order valence-electron chi connectivity index (χ3n) is 3.67. The third-order valence-corrected chi connectivity index (χ3v) is 4.20. The first-order valence-corrected chi connectivity index (χ1v) is 7.74. The maximum atomic E-state index is 12.5. The summed E-state index contributed by atoms with van der Waals surface area (Å²) < 4.78 is 0.882. The number of halogens is 1. The fourth-order valence-electron chi connectivity index (χ4n) is 2.66. The first-order valence-electron chi connectivity index (χ1n) is 6.95. The number of carbonyl (C=O) groups is 2. The van der Waals surface area contributed by atoms with E-state index in [1.807, 2.05) is 12.1 Å². The SMILES string of the molecule is CC(=O)C1=C(O)C(=O)N(c2ccccn2)C1c1ccc(Br)cc1. The van der Waals surface area contributed by atoms with E-state index in [0.717, 1.165) is 10.0 Å². The molecule has 1 amide bonds. The molecule has 0 radical (unpaired) electrons. The van der Waals surface area contributed by atoms with E-state index in [-0.39, 0.29) is 11.4 Å². The van der Waals surface area contributed by atoms with E-state index in [4.69, 9.17) is 0 Å². The zero-order valence-corrected chi connectivity index (χ0v) is 13.8. The summed E-state index contributed by atoms with van der Waals surface area (Å²) in [4.78, 5) is 30.0. The Morgan fingerprint density at radius 2 is 1.91 bits per heavy atom. The van der Waals surface area contributed by atoms with Crippen LogP contribution in [0.1, 0.15) is 18.5 Å². The topological polar surface area (TPSA) is 70.5 Å².